The van der Waals surface area contributed by atoms with E-state index in [2.05, 4.69) is 19.0 Å². The highest BCUT2D eigenvalue weighted by Crippen LogP contribution is 2.32. The molecule has 1 aliphatic heterocycles. The summed E-state index contributed by atoms with van der Waals surface area (Å²) < 4.78 is 5.95. The third-order valence-corrected chi connectivity index (χ3v) is 5.39. The summed E-state index contributed by atoms with van der Waals surface area (Å²) in [6.07, 6.45) is 0.796. The van der Waals surface area contributed by atoms with Crippen molar-refractivity contribution < 1.29 is 9.32 Å². The van der Waals surface area contributed by atoms with Gasteiger partial charge in [0.05, 0.1) is 9.21 Å². The van der Waals surface area contributed by atoms with Crippen LogP contribution in [0.25, 0.3) is 10.6 Å². The lowest BCUT2D eigenvalue weighted by Crippen LogP contribution is -2.54. The van der Waals surface area contributed by atoms with Crippen molar-refractivity contribution in [2.24, 2.45) is 11.1 Å². The first-order chi connectivity index (χ1) is 10.4. The maximum atomic E-state index is 12.6. The van der Waals surface area contributed by atoms with Crippen molar-refractivity contribution in [1.29, 1.82) is 0 Å². The van der Waals surface area contributed by atoms with Gasteiger partial charge >= 0.3 is 0 Å². The monoisotopic (exact) mass is 375 g/mol. The van der Waals surface area contributed by atoms with Gasteiger partial charge in [0.1, 0.15) is 0 Å². The summed E-state index contributed by atoms with van der Waals surface area (Å²) in [6, 6.07) is 5.43. The number of hydrogen-bond donors (Lipinski definition) is 1. The van der Waals surface area contributed by atoms with E-state index in [0.29, 0.717) is 28.9 Å². The molecule has 23 heavy (non-hydrogen) atoms. The van der Waals surface area contributed by atoms with E-state index in [9.17, 15) is 4.79 Å². The maximum absolute atomic E-state index is 12.6. The van der Waals surface area contributed by atoms with Crippen molar-refractivity contribution >= 4 is 41.3 Å². The summed E-state index contributed by atoms with van der Waals surface area (Å²) in [6.45, 7) is 5.44. The Morgan fingerprint density at radius 1 is 1.52 bits per heavy atom. The van der Waals surface area contributed by atoms with Gasteiger partial charge in [-0.1, -0.05) is 30.6 Å². The molecule has 1 unspecified atom stereocenters. The highest BCUT2D eigenvalue weighted by Gasteiger charge is 2.36. The molecule has 1 aliphatic rings. The zero-order chi connectivity index (χ0) is 15.9. The summed E-state index contributed by atoms with van der Waals surface area (Å²) in [7, 11) is 0. The van der Waals surface area contributed by atoms with Crippen LogP contribution in [-0.4, -0.2) is 35.1 Å². The molecule has 0 radical (unpaired) electrons. The number of piperidine rings is 1. The fourth-order valence-electron chi connectivity index (χ4n) is 2.65. The lowest BCUT2D eigenvalue weighted by molar-refractivity contribution is 0.0523. The highest BCUT2D eigenvalue weighted by molar-refractivity contribution is 7.19. The third kappa shape index (κ3) is 3.71. The lowest BCUT2D eigenvalue weighted by Gasteiger charge is -2.42. The van der Waals surface area contributed by atoms with Gasteiger partial charge in [0.2, 0.25) is 0 Å². The topological polar surface area (TPSA) is 72.4 Å². The molecule has 1 saturated heterocycles. The average molecular weight is 376 g/mol. The normalized spacial score (nSPS) is 20.2. The Morgan fingerprint density at radius 2 is 2.26 bits per heavy atom. The number of nitrogens with two attached hydrogens (primary N) is 1. The molecule has 3 heterocycles. The van der Waals surface area contributed by atoms with Gasteiger partial charge in [-0.25, -0.2) is 0 Å². The molecule has 8 heteroatoms. The Hall–Kier alpha value is -1.08. The molecular weight excluding hydrogens is 357 g/mol. The Kier molecular flexibility index (Phi) is 5.41. The molecule has 1 amide bonds. The molecule has 5 nitrogen and oxygen atoms in total. The highest BCUT2D eigenvalue weighted by atomic mass is 35.5. The number of carbonyl (C=O) groups excluding carboxylic acids is 1. The SMILES string of the molecule is CC1(C)CN(C(=O)c2cc(-c3ccc(Cl)s3)on2)CCC1N.Cl. The Morgan fingerprint density at radius 3 is 2.87 bits per heavy atom. The smallest absolute Gasteiger partial charge is 0.276 e. The van der Waals surface area contributed by atoms with E-state index in [4.69, 9.17) is 21.9 Å². The minimum atomic E-state index is -0.113. The number of rotatable bonds is 2. The van der Waals surface area contributed by atoms with E-state index in [1.54, 1.807) is 17.0 Å². The van der Waals surface area contributed by atoms with Crippen LogP contribution in [0.4, 0.5) is 0 Å². The quantitative estimate of drug-likeness (QED) is 0.868. The van der Waals surface area contributed by atoms with Crippen LogP contribution in [0.15, 0.2) is 22.7 Å². The fourth-order valence-corrected chi connectivity index (χ4v) is 3.64. The molecular formula is C15H19Cl2N3O2S. The van der Waals surface area contributed by atoms with E-state index >= 15 is 0 Å². The van der Waals surface area contributed by atoms with Crippen LogP contribution >= 0.6 is 35.3 Å². The van der Waals surface area contributed by atoms with Crippen LogP contribution < -0.4 is 5.73 Å². The number of thiophene rings is 1. The van der Waals surface area contributed by atoms with Crippen molar-refractivity contribution in [1.82, 2.24) is 10.1 Å². The number of amides is 1. The van der Waals surface area contributed by atoms with E-state index in [1.807, 2.05) is 6.07 Å². The summed E-state index contributed by atoms with van der Waals surface area (Å²) in [5.41, 5.74) is 6.34. The molecule has 2 aromatic rings. The maximum Gasteiger partial charge on any atom is 0.276 e. The third-order valence-electron chi connectivity index (χ3n) is 4.14. The van der Waals surface area contributed by atoms with Gasteiger partial charge in [-0.3, -0.25) is 4.79 Å². The Bertz CT molecular complexity index is 698. The second kappa shape index (κ2) is 6.81. The predicted molar refractivity (Wildman–Crippen MR) is 94.4 cm³/mol. The van der Waals surface area contributed by atoms with Gasteiger partial charge in [-0.2, -0.15) is 0 Å². The van der Waals surface area contributed by atoms with Crippen molar-refractivity contribution in [2.75, 3.05) is 13.1 Å². The fraction of sp³-hybridized carbons (Fsp3) is 0.467. The van der Waals surface area contributed by atoms with Gasteiger partial charge in [0.15, 0.2) is 11.5 Å². The Balaban J connectivity index is 0.00000192. The van der Waals surface area contributed by atoms with E-state index in [0.717, 1.165) is 11.3 Å². The number of likely N-dealkylation sites (tertiary alicyclic amines) is 1. The van der Waals surface area contributed by atoms with Crippen molar-refractivity contribution in [3.63, 3.8) is 0 Å². The molecule has 0 saturated carbocycles. The van der Waals surface area contributed by atoms with Gasteiger partial charge in [-0.05, 0) is 24.0 Å². The first-order valence-corrected chi connectivity index (χ1v) is 8.33. The molecule has 2 aromatic heterocycles. The van der Waals surface area contributed by atoms with Gasteiger partial charge < -0.3 is 15.2 Å². The standard InChI is InChI=1S/C15H18ClN3O2S.ClH/c1-15(2)8-19(6-5-12(15)17)14(20)9-7-10(21-18-9)11-3-4-13(16)22-11;/h3-4,7,12H,5-6,8,17H2,1-2H3;1H. The number of carbonyl (C=O) groups is 1. The second-order valence-corrected chi connectivity index (χ2v) is 8.01. The summed E-state index contributed by atoms with van der Waals surface area (Å²) >= 11 is 7.31. The van der Waals surface area contributed by atoms with Crippen LogP contribution in [0.5, 0.6) is 0 Å². The zero-order valence-corrected chi connectivity index (χ0v) is 15.3. The zero-order valence-electron chi connectivity index (χ0n) is 12.9. The van der Waals surface area contributed by atoms with Crippen molar-refractivity contribution in [3.05, 3.63) is 28.2 Å². The van der Waals surface area contributed by atoms with Crippen LogP contribution in [0.3, 0.4) is 0 Å². The van der Waals surface area contributed by atoms with E-state index in [1.165, 1.54) is 11.3 Å². The summed E-state index contributed by atoms with van der Waals surface area (Å²) in [4.78, 5) is 15.2. The summed E-state index contributed by atoms with van der Waals surface area (Å²) in [5, 5.41) is 3.91. The minimum Gasteiger partial charge on any atom is -0.355 e. The van der Waals surface area contributed by atoms with Crippen molar-refractivity contribution in [3.8, 4) is 10.6 Å². The van der Waals surface area contributed by atoms with E-state index < -0.39 is 0 Å². The van der Waals surface area contributed by atoms with E-state index in [-0.39, 0.29) is 29.8 Å². The number of hydrogen-bond acceptors (Lipinski definition) is 5. The molecule has 3 rings (SSSR count). The second-order valence-electron chi connectivity index (χ2n) is 6.29. The molecule has 0 bridgehead atoms. The largest absolute Gasteiger partial charge is 0.355 e. The molecule has 126 valence electrons. The van der Waals surface area contributed by atoms with Gasteiger partial charge in [0.25, 0.3) is 5.91 Å². The molecule has 1 atom stereocenters. The molecule has 2 N–H and O–H groups in total. The lowest BCUT2D eigenvalue weighted by atomic mass is 9.79. The minimum absolute atomic E-state index is 0. The molecule has 1 fully saturated rings. The molecule has 0 aliphatic carbocycles. The number of aromatic nitrogens is 1. The number of halogens is 2. The first-order valence-electron chi connectivity index (χ1n) is 7.14. The van der Waals surface area contributed by atoms with Crippen LogP contribution in [0.1, 0.15) is 30.8 Å². The van der Waals surface area contributed by atoms with Crippen LogP contribution in [0.2, 0.25) is 4.34 Å². The number of nitrogens with zero attached hydrogens (tertiary/aromatic N) is 2. The predicted octanol–water partition coefficient (Wildman–Crippen LogP) is 3.68. The summed E-state index contributed by atoms with van der Waals surface area (Å²) in [5.74, 6) is 0.450. The molecule has 0 aromatic carbocycles. The first kappa shape index (κ1) is 18.3. The average Bonchev–Trinajstić information content (AvgIpc) is 3.09. The molecule has 0 spiro atoms. The van der Waals surface area contributed by atoms with Gasteiger partial charge in [0, 0.05) is 25.2 Å². The van der Waals surface area contributed by atoms with Crippen LogP contribution in [-0.2, 0) is 0 Å². The van der Waals surface area contributed by atoms with Gasteiger partial charge in [-0.15, -0.1) is 23.7 Å². The van der Waals surface area contributed by atoms with Crippen molar-refractivity contribution in [2.45, 2.75) is 26.3 Å². The Labute approximate surface area is 150 Å². The van der Waals surface area contributed by atoms with Crippen LogP contribution in [0, 0.1) is 5.41 Å².